The summed E-state index contributed by atoms with van der Waals surface area (Å²) >= 11 is 3.84. The molecule has 0 saturated heterocycles. The fourth-order valence-electron chi connectivity index (χ4n) is 1.60. The van der Waals surface area contributed by atoms with Gasteiger partial charge in [-0.05, 0) is 6.42 Å². The fraction of sp³-hybridized carbons (Fsp3) is 1.00. The molecular weight excluding hydrogens is 244 g/mol. The third-order valence-corrected chi connectivity index (χ3v) is 4.63. The Kier molecular flexibility index (Phi) is 9.46. The van der Waals surface area contributed by atoms with E-state index in [0.29, 0.717) is 6.42 Å². The van der Waals surface area contributed by atoms with E-state index in [0.717, 1.165) is 19.3 Å². The lowest BCUT2D eigenvalue weighted by Crippen LogP contribution is -2.13. The maximum Gasteiger partial charge on any atom is 0.276 e. The fourth-order valence-corrected chi connectivity index (χ4v) is 2.25. The van der Waals surface area contributed by atoms with E-state index in [1.165, 1.54) is 32.1 Å². The Morgan fingerprint density at radius 1 is 1.00 bits per heavy atom. The van der Waals surface area contributed by atoms with Crippen LogP contribution < -0.4 is 0 Å². The highest BCUT2D eigenvalue weighted by Gasteiger charge is 2.16. The molecule has 0 aliphatic rings. The quantitative estimate of drug-likeness (QED) is 0.361. The molecule has 5 heteroatoms. The van der Waals surface area contributed by atoms with E-state index in [1.807, 2.05) is 0 Å². The molecule has 0 aromatic carbocycles. The van der Waals surface area contributed by atoms with Crippen molar-refractivity contribution in [2.24, 2.45) is 0 Å². The molecule has 1 unspecified atom stereocenters. The van der Waals surface area contributed by atoms with Crippen LogP contribution in [0.3, 0.4) is 0 Å². The zero-order chi connectivity index (χ0) is 12.4. The van der Waals surface area contributed by atoms with Crippen LogP contribution in [-0.4, -0.2) is 17.6 Å². The van der Waals surface area contributed by atoms with Crippen LogP contribution in [0.5, 0.6) is 0 Å². The molecule has 0 aromatic heterocycles. The number of thiol groups is 1. The number of hydrogen-bond donors (Lipinski definition) is 2. The molecule has 0 radical (unpaired) electrons. The molecule has 0 spiro atoms. The van der Waals surface area contributed by atoms with Gasteiger partial charge >= 0.3 is 0 Å². The van der Waals surface area contributed by atoms with Crippen LogP contribution in [-0.2, 0) is 10.1 Å². The van der Waals surface area contributed by atoms with Crippen molar-refractivity contribution >= 4 is 22.7 Å². The molecule has 16 heavy (non-hydrogen) atoms. The van der Waals surface area contributed by atoms with Crippen LogP contribution in [0.4, 0.5) is 0 Å². The van der Waals surface area contributed by atoms with Gasteiger partial charge in [0, 0.05) is 0 Å². The largest absolute Gasteiger partial charge is 0.285 e. The van der Waals surface area contributed by atoms with Crippen molar-refractivity contribution in [1.29, 1.82) is 0 Å². The van der Waals surface area contributed by atoms with Gasteiger partial charge in [-0.25, -0.2) is 0 Å². The second-order valence-corrected chi connectivity index (χ2v) is 6.80. The second-order valence-electron chi connectivity index (χ2n) is 4.23. The average Bonchev–Trinajstić information content (AvgIpc) is 2.20. The average molecular weight is 268 g/mol. The minimum absolute atomic E-state index is 0.441. The summed E-state index contributed by atoms with van der Waals surface area (Å²) in [6.07, 6.45) is 9.81. The molecule has 3 nitrogen and oxygen atoms in total. The van der Waals surface area contributed by atoms with Crippen LogP contribution in [0.25, 0.3) is 0 Å². The summed E-state index contributed by atoms with van der Waals surface area (Å²) in [5.41, 5.74) is 0. The van der Waals surface area contributed by atoms with E-state index in [9.17, 15) is 8.42 Å². The molecule has 0 heterocycles. The van der Waals surface area contributed by atoms with Crippen LogP contribution in [0.1, 0.15) is 64.7 Å². The van der Waals surface area contributed by atoms with Gasteiger partial charge in [0.25, 0.3) is 10.1 Å². The van der Waals surface area contributed by atoms with Crippen molar-refractivity contribution < 1.29 is 13.0 Å². The lowest BCUT2D eigenvalue weighted by atomic mass is 10.1. The highest BCUT2D eigenvalue weighted by atomic mass is 32.3. The van der Waals surface area contributed by atoms with Crippen LogP contribution in [0.15, 0.2) is 0 Å². The van der Waals surface area contributed by atoms with Crippen molar-refractivity contribution in [1.82, 2.24) is 0 Å². The number of hydrogen-bond acceptors (Lipinski definition) is 3. The molecule has 1 atom stereocenters. The lowest BCUT2D eigenvalue weighted by Gasteiger charge is -2.06. The van der Waals surface area contributed by atoms with E-state index in [4.69, 9.17) is 4.55 Å². The summed E-state index contributed by atoms with van der Waals surface area (Å²) in [4.78, 5) is 0. The van der Waals surface area contributed by atoms with Gasteiger partial charge < -0.3 is 0 Å². The molecule has 0 amide bonds. The van der Waals surface area contributed by atoms with Gasteiger partial charge in [0.2, 0.25) is 0 Å². The van der Waals surface area contributed by atoms with Gasteiger partial charge in [0.1, 0.15) is 4.58 Å². The SMILES string of the molecule is CCCCCCCCCCC(S)S(=O)(=O)O. The zero-order valence-electron chi connectivity index (χ0n) is 10.1. The first-order valence-electron chi connectivity index (χ1n) is 6.13. The van der Waals surface area contributed by atoms with Gasteiger partial charge in [-0.1, -0.05) is 58.3 Å². The smallest absolute Gasteiger partial charge is 0.276 e. The number of rotatable bonds is 10. The van der Waals surface area contributed by atoms with E-state index in [-0.39, 0.29) is 0 Å². The molecule has 98 valence electrons. The molecule has 0 rings (SSSR count). The lowest BCUT2D eigenvalue weighted by molar-refractivity contribution is 0.474. The van der Waals surface area contributed by atoms with Gasteiger partial charge in [0.15, 0.2) is 0 Å². The molecule has 0 aliphatic carbocycles. The molecule has 0 aromatic rings. The Morgan fingerprint density at radius 3 is 1.88 bits per heavy atom. The standard InChI is InChI=1S/C11H24O3S2/c1-2-3-4-5-6-7-8-9-10-11(15)16(12,13)14/h11,15H,2-10H2,1H3,(H,12,13,14). The second kappa shape index (κ2) is 9.31. The van der Waals surface area contributed by atoms with Gasteiger partial charge in [-0.15, -0.1) is 0 Å². The first kappa shape index (κ1) is 16.3. The molecule has 0 saturated carbocycles. The minimum Gasteiger partial charge on any atom is -0.285 e. The van der Waals surface area contributed by atoms with Gasteiger partial charge in [-0.3, -0.25) is 4.55 Å². The predicted octanol–water partition coefficient (Wildman–Crippen LogP) is 3.66. The maximum atomic E-state index is 10.6. The summed E-state index contributed by atoms with van der Waals surface area (Å²) in [6.45, 7) is 2.20. The maximum absolute atomic E-state index is 10.6. The number of unbranched alkanes of at least 4 members (excludes halogenated alkanes) is 7. The van der Waals surface area contributed by atoms with Crippen molar-refractivity contribution in [2.45, 2.75) is 69.3 Å². The van der Waals surface area contributed by atoms with Gasteiger partial charge in [0.05, 0.1) is 0 Å². The third-order valence-electron chi connectivity index (χ3n) is 2.65. The Labute approximate surface area is 105 Å². The van der Waals surface area contributed by atoms with Crippen molar-refractivity contribution in [3.05, 3.63) is 0 Å². The molecular formula is C11H24O3S2. The van der Waals surface area contributed by atoms with E-state index >= 15 is 0 Å². The monoisotopic (exact) mass is 268 g/mol. The highest BCUT2D eigenvalue weighted by molar-refractivity contribution is 8.01. The van der Waals surface area contributed by atoms with E-state index in [1.54, 1.807) is 0 Å². The topological polar surface area (TPSA) is 54.4 Å². The Morgan fingerprint density at radius 2 is 1.44 bits per heavy atom. The van der Waals surface area contributed by atoms with Crippen LogP contribution >= 0.6 is 12.6 Å². The summed E-state index contributed by atoms with van der Waals surface area (Å²) in [7, 11) is -3.94. The Bertz CT molecular complexity index is 250. The molecule has 0 aliphatic heterocycles. The zero-order valence-corrected chi connectivity index (χ0v) is 11.8. The first-order valence-corrected chi connectivity index (χ1v) is 8.14. The predicted molar refractivity (Wildman–Crippen MR) is 71.5 cm³/mol. The van der Waals surface area contributed by atoms with Crippen molar-refractivity contribution in [3.63, 3.8) is 0 Å². The summed E-state index contributed by atoms with van der Waals surface area (Å²) in [5.74, 6) is 0. The highest BCUT2D eigenvalue weighted by Crippen LogP contribution is 2.15. The normalized spacial score (nSPS) is 13.9. The third kappa shape index (κ3) is 9.48. The first-order chi connectivity index (χ1) is 7.48. The summed E-state index contributed by atoms with van der Waals surface area (Å²) in [5, 5.41) is 0. The van der Waals surface area contributed by atoms with E-state index in [2.05, 4.69) is 19.6 Å². The van der Waals surface area contributed by atoms with Crippen molar-refractivity contribution in [2.75, 3.05) is 0 Å². The summed E-state index contributed by atoms with van der Waals surface area (Å²) < 4.78 is 29.1. The van der Waals surface area contributed by atoms with Crippen LogP contribution in [0.2, 0.25) is 0 Å². The van der Waals surface area contributed by atoms with Gasteiger partial charge in [-0.2, -0.15) is 21.0 Å². The van der Waals surface area contributed by atoms with Crippen LogP contribution in [0, 0.1) is 0 Å². The minimum atomic E-state index is -3.94. The van der Waals surface area contributed by atoms with Crippen molar-refractivity contribution in [3.8, 4) is 0 Å². The Hall–Kier alpha value is 0.260. The molecule has 0 fully saturated rings. The Balaban J connectivity index is 3.28. The molecule has 1 N–H and O–H groups in total. The molecule has 0 bridgehead atoms. The summed E-state index contributed by atoms with van der Waals surface area (Å²) in [6, 6.07) is 0. The van der Waals surface area contributed by atoms with E-state index < -0.39 is 14.7 Å².